The van der Waals surface area contributed by atoms with E-state index in [-0.39, 0.29) is 0 Å². The fourth-order valence-electron chi connectivity index (χ4n) is 2.55. The van der Waals surface area contributed by atoms with Crippen LogP contribution < -0.4 is 0 Å². The average Bonchev–Trinajstić information content (AvgIpc) is 2.30. The van der Waals surface area contributed by atoms with E-state index in [0.717, 1.165) is 32.5 Å². The molecule has 1 saturated heterocycles. The summed E-state index contributed by atoms with van der Waals surface area (Å²) in [6, 6.07) is 10.4. The summed E-state index contributed by atoms with van der Waals surface area (Å²) in [5, 5.41) is 8.82. The molecule has 1 N–H and O–H groups in total. The predicted molar refractivity (Wildman–Crippen MR) is 66.7 cm³/mol. The van der Waals surface area contributed by atoms with Gasteiger partial charge in [-0.25, -0.2) is 0 Å². The molecule has 1 unspecified atom stereocenters. The summed E-state index contributed by atoms with van der Waals surface area (Å²) in [6.45, 7) is 2.95. The number of carboxylic acid groups (broad SMARTS) is 1. The number of piperidine rings is 1. The Bertz CT molecular complexity index is 364. The highest BCUT2D eigenvalue weighted by Gasteiger charge is 2.21. The van der Waals surface area contributed by atoms with E-state index in [1.165, 1.54) is 5.56 Å². The first kappa shape index (κ1) is 12.1. The molecule has 1 aromatic carbocycles. The molecule has 0 saturated carbocycles. The molecule has 92 valence electrons. The molecule has 3 nitrogen and oxygen atoms in total. The van der Waals surface area contributed by atoms with Crippen LogP contribution in [0.2, 0.25) is 0 Å². The lowest BCUT2D eigenvalue weighted by molar-refractivity contribution is -0.138. The van der Waals surface area contributed by atoms with Crippen molar-refractivity contribution in [3.63, 3.8) is 0 Å². The van der Waals surface area contributed by atoms with Gasteiger partial charge in [-0.05, 0) is 30.9 Å². The maximum Gasteiger partial charge on any atom is 0.303 e. The number of likely N-dealkylation sites (tertiary alicyclic amines) is 1. The second kappa shape index (κ2) is 5.82. The third-order valence-corrected chi connectivity index (χ3v) is 3.32. The Kier molecular flexibility index (Phi) is 4.15. The van der Waals surface area contributed by atoms with Crippen molar-refractivity contribution < 1.29 is 9.90 Å². The highest BCUT2D eigenvalue weighted by atomic mass is 16.4. The molecular formula is C14H19NO2. The number of nitrogens with zero attached hydrogens (tertiary/aromatic N) is 1. The largest absolute Gasteiger partial charge is 0.481 e. The van der Waals surface area contributed by atoms with Crippen LogP contribution in [0.15, 0.2) is 30.3 Å². The number of rotatable bonds is 4. The van der Waals surface area contributed by atoms with Gasteiger partial charge in [-0.2, -0.15) is 0 Å². The van der Waals surface area contributed by atoms with E-state index in [1.807, 2.05) is 18.2 Å². The van der Waals surface area contributed by atoms with Crippen LogP contribution in [0.5, 0.6) is 0 Å². The van der Waals surface area contributed by atoms with E-state index in [0.29, 0.717) is 12.3 Å². The summed E-state index contributed by atoms with van der Waals surface area (Å²) < 4.78 is 0. The van der Waals surface area contributed by atoms with Gasteiger partial charge in [-0.15, -0.1) is 0 Å². The zero-order chi connectivity index (χ0) is 12.1. The number of hydrogen-bond acceptors (Lipinski definition) is 2. The molecule has 0 radical (unpaired) electrons. The van der Waals surface area contributed by atoms with Crippen LogP contribution in [0.25, 0.3) is 0 Å². The van der Waals surface area contributed by atoms with Gasteiger partial charge in [0, 0.05) is 19.5 Å². The standard InChI is InChI=1S/C14H19NO2/c16-14(17)9-13-7-4-8-15(11-13)10-12-5-2-1-3-6-12/h1-3,5-6,13H,4,7-11H2,(H,16,17). The molecule has 0 aliphatic carbocycles. The van der Waals surface area contributed by atoms with Crippen molar-refractivity contribution in [3.8, 4) is 0 Å². The predicted octanol–water partition coefficient (Wildman–Crippen LogP) is 2.37. The van der Waals surface area contributed by atoms with Crippen molar-refractivity contribution in [3.05, 3.63) is 35.9 Å². The van der Waals surface area contributed by atoms with Gasteiger partial charge < -0.3 is 5.11 Å². The van der Waals surface area contributed by atoms with Gasteiger partial charge in [-0.3, -0.25) is 9.69 Å². The molecule has 1 heterocycles. The number of aliphatic carboxylic acids is 1. The molecule has 1 aliphatic heterocycles. The van der Waals surface area contributed by atoms with Gasteiger partial charge in [0.05, 0.1) is 0 Å². The van der Waals surface area contributed by atoms with Crippen LogP contribution in [0.3, 0.4) is 0 Å². The molecule has 1 aliphatic rings. The smallest absolute Gasteiger partial charge is 0.303 e. The number of carboxylic acids is 1. The zero-order valence-corrected chi connectivity index (χ0v) is 10.0. The molecular weight excluding hydrogens is 214 g/mol. The van der Waals surface area contributed by atoms with Crippen LogP contribution in [0, 0.1) is 5.92 Å². The highest BCUT2D eigenvalue weighted by Crippen LogP contribution is 2.21. The summed E-state index contributed by atoms with van der Waals surface area (Å²) in [5.41, 5.74) is 1.31. The monoisotopic (exact) mass is 233 g/mol. The summed E-state index contributed by atoms with van der Waals surface area (Å²) in [4.78, 5) is 13.1. The number of benzene rings is 1. The number of carbonyl (C=O) groups is 1. The highest BCUT2D eigenvalue weighted by molar-refractivity contribution is 5.67. The van der Waals surface area contributed by atoms with Gasteiger partial charge in [0.25, 0.3) is 0 Å². The van der Waals surface area contributed by atoms with Crippen LogP contribution in [0.1, 0.15) is 24.8 Å². The topological polar surface area (TPSA) is 40.5 Å². The van der Waals surface area contributed by atoms with Crippen molar-refractivity contribution in [2.45, 2.75) is 25.8 Å². The van der Waals surface area contributed by atoms with Crippen molar-refractivity contribution in [1.29, 1.82) is 0 Å². The maximum atomic E-state index is 10.7. The molecule has 1 aromatic rings. The van der Waals surface area contributed by atoms with Gasteiger partial charge in [0.1, 0.15) is 0 Å². The second-order valence-corrected chi connectivity index (χ2v) is 4.83. The van der Waals surface area contributed by atoms with Crippen LogP contribution in [-0.4, -0.2) is 29.1 Å². The Morgan fingerprint density at radius 3 is 2.82 bits per heavy atom. The first-order valence-electron chi connectivity index (χ1n) is 6.22. The van der Waals surface area contributed by atoms with E-state index >= 15 is 0 Å². The van der Waals surface area contributed by atoms with Crippen LogP contribution in [0.4, 0.5) is 0 Å². The van der Waals surface area contributed by atoms with Crippen molar-refractivity contribution >= 4 is 5.97 Å². The van der Waals surface area contributed by atoms with Gasteiger partial charge in [0.15, 0.2) is 0 Å². The van der Waals surface area contributed by atoms with E-state index in [9.17, 15) is 4.79 Å². The molecule has 2 rings (SSSR count). The van der Waals surface area contributed by atoms with Gasteiger partial charge in [-0.1, -0.05) is 30.3 Å². The minimum atomic E-state index is -0.670. The van der Waals surface area contributed by atoms with Gasteiger partial charge >= 0.3 is 5.97 Å². The van der Waals surface area contributed by atoms with E-state index in [1.54, 1.807) is 0 Å². The molecule has 3 heteroatoms. The fraction of sp³-hybridized carbons (Fsp3) is 0.500. The van der Waals surface area contributed by atoms with Crippen molar-refractivity contribution in [2.75, 3.05) is 13.1 Å². The van der Waals surface area contributed by atoms with Crippen LogP contribution in [-0.2, 0) is 11.3 Å². The Labute approximate surface area is 102 Å². The zero-order valence-electron chi connectivity index (χ0n) is 10.0. The first-order chi connectivity index (χ1) is 8.24. The lowest BCUT2D eigenvalue weighted by atomic mass is 9.94. The minimum Gasteiger partial charge on any atom is -0.481 e. The van der Waals surface area contributed by atoms with Crippen LogP contribution >= 0.6 is 0 Å². The average molecular weight is 233 g/mol. The molecule has 1 atom stereocenters. The molecule has 0 spiro atoms. The summed E-state index contributed by atoms with van der Waals surface area (Å²) in [5.74, 6) is -0.346. The molecule has 0 amide bonds. The quantitative estimate of drug-likeness (QED) is 0.868. The second-order valence-electron chi connectivity index (χ2n) is 4.83. The Balaban J connectivity index is 1.87. The lowest BCUT2D eigenvalue weighted by Gasteiger charge is -2.32. The third kappa shape index (κ3) is 3.86. The molecule has 17 heavy (non-hydrogen) atoms. The molecule has 0 bridgehead atoms. The Morgan fingerprint density at radius 2 is 2.12 bits per heavy atom. The first-order valence-corrected chi connectivity index (χ1v) is 6.22. The van der Waals surface area contributed by atoms with Crippen molar-refractivity contribution in [2.24, 2.45) is 5.92 Å². The summed E-state index contributed by atoms with van der Waals surface area (Å²) in [6.07, 6.45) is 2.48. The van der Waals surface area contributed by atoms with Gasteiger partial charge in [0.2, 0.25) is 0 Å². The SMILES string of the molecule is O=C(O)CC1CCCN(Cc2ccccc2)C1. The van der Waals surface area contributed by atoms with E-state index in [2.05, 4.69) is 17.0 Å². The number of hydrogen-bond donors (Lipinski definition) is 1. The molecule has 1 fully saturated rings. The molecule has 0 aromatic heterocycles. The van der Waals surface area contributed by atoms with E-state index in [4.69, 9.17) is 5.11 Å². The van der Waals surface area contributed by atoms with E-state index < -0.39 is 5.97 Å². The summed E-state index contributed by atoms with van der Waals surface area (Å²) >= 11 is 0. The van der Waals surface area contributed by atoms with Crippen molar-refractivity contribution in [1.82, 2.24) is 4.90 Å². The lowest BCUT2D eigenvalue weighted by Crippen LogP contribution is -2.35. The maximum absolute atomic E-state index is 10.7. The Hall–Kier alpha value is -1.35. The fourth-order valence-corrected chi connectivity index (χ4v) is 2.55. The minimum absolute atomic E-state index is 0.311. The Morgan fingerprint density at radius 1 is 1.35 bits per heavy atom. The normalized spacial score (nSPS) is 21.3. The third-order valence-electron chi connectivity index (χ3n) is 3.32. The summed E-state index contributed by atoms with van der Waals surface area (Å²) in [7, 11) is 0.